The summed E-state index contributed by atoms with van der Waals surface area (Å²) in [4.78, 5) is 27.8. The summed E-state index contributed by atoms with van der Waals surface area (Å²) in [7, 11) is 0. The second-order valence-corrected chi connectivity index (χ2v) is 11.2. The zero-order valence-electron chi connectivity index (χ0n) is 20.3. The molecule has 1 N–H and O–H groups in total. The molecule has 1 saturated carbocycles. The summed E-state index contributed by atoms with van der Waals surface area (Å²) in [6.07, 6.45) is 6.33. The molecule has 35 heavy (non-hydrogen) atoms. The Kier molecular flexibility index (Phi) is 8.47. The molecule has 0 bridgehead atoms. The maximum atomic E-state index is 13.2. The molecule has 3 atom stereocenters. The molecule has 1 aliphatic heterocycles. The lowest BCUT2D eigenvalue weighted by atomic mass is 9.96. The molecule has 0 radical (unpaired) electrons. The average Bonchev–Trinajstić information content (AvgIpc) is 3.55. The number of benzene rings is 2. The first-order valence-electron chi connectivity index (χ1n) is 12.5. The SMILES string of the molecule is CC1(CCCSC[C@H](NC(=O)c2ccc(F)cc2)C(=O)N2CCCCC2)C[C@H]1c1ccc(F)cc1. The maximum absolute atomic E-state index is 13.2. The van der Waals surface area contributed by atoms with E-state index in [4.69, 9.17) is 0 Å². The van der Waals surface area contributed by atoms with Gasteiger partial charge >= 0.3 is 0 Å². The smallest absolute Gasteiger partial charge is 0.251 e. The highest BCUT2D eigenvalue weighted by Crippen LogP contribution is 2.61. The predicted molar refractivity (Wildman–Crippen MR) is 137 cm³/mol. The Morgan fingerprint density at radius 3 is 2.31 bits per heavy atom. The molecule has 188 valence electrons. The third-order valence-corrected chi connectivity index (χ3v) is 8.47. The molecular formula is C28H34F2N2O2S. The van der Waals surface area contributed by atoms with Crippen LogP contribution >= 0.6 is 11.8 Å². The summed E-state index contributed by atoms with van der Waals surface area (Å²) >= 11 is 1.69. The van der Waals surface area contributed by atoms with Gasteiger partial charge in [-0.05, 0) is 97.6 Å². The average molecular weight is 501 g/mol. The van der Waals surface area contributed by atoms with Crippen LogP contribution in [-0.4, -0.2) is 47.4 Å². The van der Waals surface area contributed by atoms with E-state index >= 15 is 0 Å². The normalized spacial score (nSPS) is 22.5. The van der Waals surface area contributed by atoms with E-state index in [0.29, 0.717) is 17.2 Å². The van der Waals surface area contributed by atoms with Crippen molar-refractivity contribution in [3.8, 4) is 0 Å². The van der Waals surface area contributed by atoms with Crippen molar-refractivity contribution in [3.63, 3.8) is 0 Å². The fourth-order valence-corrected chi connectivity index (χ4v) is 6.01. The van der Waals surface area contributed by atoms with Crippen LogP contribution in [0.2, 0.25) is 0 Å². The molecule has 1 unspecified atom stereocenters. The maximum Gasteiger partial charge on any atom is 0.251 e. The minimum atomic E-state index is -0.598. The van der Waals surface area contributed by atoms with Gasteiger partial charge in [0.05, 0.1) is 0 Å². The van der Waals surface area contributed by atoms with Crippen molar-refractivity contribution in [3.05, 3.63) is 71.3 Å². The molecule has 7 heteroatoms. The van der Waals surface area contributed by atoms with Crippen molar-refractivity contribution < 1.29 is 18.4 Å². The number of nitrogens with zero attached hydrogens (tertiary/aromatic N) is 1. The minimum Gasteiger partial charge on any atom is -0.341 e. The summed E-state index contributed by atoms with van der Waals surface area (Å²) in [5.74, 6) is 0.919. The van der Waals surface area contributed by atoms with E-state index in [-0.39, 0.29) is 23.0 Å². The number of nitrogens with one attached hydrogen (secondary N) is 1. The first-order chi connectivity index (χ1) is 16.9. The summed E-state index contributed by atoms with van der Waals surface area (Å²) < 4.78 is 26.4. The van der Waals surface area contributed by atoms with Crippen LogP contribution in [0, 0.1) is 17.0 Å². The lowest BCUT2D eigenvalue weighted by Crippen LogP contribution is -2.51. The number of piperidine rings is 1. The molecule has 4 nitrogen and oxygen atoms in total. The van der Waals surface area contributed by atoms with Gasteiger partial charge in [0.1, 0.15) is 17.7 Å². The van der Waals surface area contributed by atoms with Crippen LogP contribution in [0.5, 0.6) is 0 Å². The highest BCUT2D eigenvalue weighted by molar-refractivity contribution is 7.99. The van der Waals surface area contributed by atoms with Crippen molar-refractivity contribution in [1.29, 1.82) is 0 Å². The fourth-order valence-electron chi connectivity index (χ4n) is 5.03. The highest BCUT2D eigenvalue weighted by Gasteiger charge is 2.49. The van der Waals surface area contributed by atoms with Gasteiger partial charge in [-0.3, -0.25) is 9.59 Å². The lowest BCUT2D eigenvalue weighted by molar-refractivity contribution is -0.133. The zero-order valence-corrected chi connectivity index (χ0v) is 21.1. The zero-order chi connectivity index (χ0) is 24.8. The number of carbonyl (C=O) groups excluding carboxylic acids is 2. The van der Waals surface area contributed by atoms with Crippen LogP contribution in [0.25, 0.3) is 0 Å². The van der Waals surface area contributed by atoms with E-state index in [1.807, 2.05) is 17.0 Å². The van der Waals surface area contributed by atoms with Crippen LogP contribution in [0.1, 0.15) is 67.3 Å². The van der Waals surface area contributed by atoms with Crippen LogP contribution in [-0.2, 0) is 4.79 Å². The third-order valence-electron chi connectivity index (χ3n) is 7.32. The highest BCUT2D eigenvalue weighted by atomic mass is 32.2. The summed E-state index contributed by atoms with van der Waals surface area (Å²) in [5.41, 5.74) is 1.80. The van der Waals surface area contributed by atoms with E-state index in [1.54, 1.807) is 11.8 Å². The second kappa shape index (κ2) is 11.5. The molecule has 2 aliphatic rings. The summed E-state index contributed by atoms with van der Waals surface area (Å²) in [5, 5.41) is 2.90. The molecule has 2 amide bonds. The molecule has 0 spiro atoms. The number of hydrogen-bond acceptors (Lipinski definition) is 3. The Labute approximate surface area is 210 Å². The number of carbonyl (C=O) groups is 2. The Bertz CT molecular complexity index is 1010. The predicted octanol–water partition coefficient (Wildman–Crippen LogP) is 5.78. The van der Waals surface area contributed by atoms with Gasteiger partial charge in [-0.15, -0.1) is 0 Å². The second-order valence-electron chi connectivity index (χ2n) is 10.1. The first kappa shape index (κ1) is 25.7. The van der Waals surface area contributed by atoms with Crippen LogP contribution in [0.4, 0.5) is 8.78 Å². The molecule has 1 aliphatic carbocycles. The Hall–Kier alpha value is -2.41. The van der Waals surface area contributed by atoms with Crippen molar-refractivity contribution in [2.45, 2.75) is 57.4 Å². The lowest BCUT2D eigenvalue weighted by Gasteiger charge is -2.30. The van der Waals surface area contributed by atoms with Crippen molar-refractivity contribution in [2.24, 2.45) is 5.41 Å². The topological polar surface area (TPSA) is 49.4 Å². The van der Waals surface area contributed by atoms with Gasteiger partial charge in [-0.25, -0.2) is 8.78 Å². The molecule has 2 fully saturated rings. The first-order valence-corrected chi connectivity index (χ1v) is 13.7. The molecule has 1 saturated heterocycles. The van der Waals surface area contributed by atoms with Crippen LogP contribution in [0.3, 0.4) is 0 Å². The Morgan fingerprint density at radius 2 is 1.66 bits per heavy atom. The van der Waals surface area contributed by atoms with Crippen molar-refractivity contribution >= 4 is 23.6 Å². The van der Waals surface area contributed by atoms with Crippen molar-refractivity contribution in [1.82, 2.24) is 10.2 Å². The van der Waals surface area contributed by atoms with Gasteiger partial charge < -0.3 is 10.2 Å². The van der Waals surface area contributed by atoms with Gasteiger partial charge in [0.25, 0.3) is 5.91 Å². The number of halogens is 2. The number of rotatable bonds is 10. The van der Waals surface area contributed by atoms with E-state index in [2.05, 4.69) is 12.2 Å². The van der Waals surface area contributed by atoms with Gasteiger partial charge in [0.15, 0.2) is 0 Å². The van der Waals surface area contributed by atoms with Gasteiger partial charge in [-0.2, -0.15) is 11.8 Å². The fraction of sp³-hybridized carbons (Fsp3) is 0.500. The largest absolute Gasteiger partial charge is 0.341 e. The van der Waals surface area contributed by atoms with Crippen LogP contribution < -0.4 is 5.32 Å². The molecule has 1 heterocycles. The van der Waals surface area contributed by atoms with E-state index in [9.17, 15) is 18.4 Å². The number of amides is 2. The Balaban J connectivity index is 1.27. The molecule has 4 rings (SSSR count). The summed E-state index contributed by atoms with van der Waals surface area (Å²) in [6, 6.07) is 11.6. The number of thioether (sulfide) groups is 1. The number of hydrogen-bond donors (Lipinski definition) is 1. The molecular weight excluding hydrogens is 466 g/mol. The standard InChI is InChI=1S/C28H34F2N2O2S/c1-28(18-24(28)20-6-10-22(29)11-7-20)14-5-17-35-19-25(27(34)32-15-3-2-4-16-32)31-26(33)21-8-12-23(30)13-9-21/h6-13,24-25H,2-5,14-19H2,1H3,(H,31,33)/t24-,25-,28?/m0/s1. The van der Waals surface area contributed by atoms with Gasteiger partial charge in [-0.1, -0.05) is 19.1 Å². The van der Waals surface area contributed by atoms with E-state index < -0.39 is 11.9 Å². The third kappa shape index (κ3) is 6.84. The summed E-state index contributed by atoms with van der Waals surface area (Å²) in [6.45, 7) is 3.75. The minimum absolute atomic E-state index is 0.0295. The van der Waals surface area contributed by atoms with E-state index in [1.165, 1.54) is 42.0 Å². The Morgan fingerprint density at radius 1 is 1.03 bits per heavy atom. The number of likely N-dealkylation sites (tertiary alicyclic amines) is 1. The van der Waals surface area contributed by atoms with Gasteiger partial charge in [0, 0.05) is 24.4 Å². The quantitative estimate of drug-likeness (QED) is 0.421. The van der Waals surface area contributed by atoms with Gasteiger partial charge in [0.2, 0.25) is 5.91 Å². The van der Waals surface area contributed by atoms with Crippen LogP contribution in [0.15, 0.2) is 48.5 Å². The molecule has 0 aromatic heterocycles. The molecule has 2 aromatic carbocycles. The van der Waals surface area contributed by atoms with E-state index in [0.717, 1.165) is 57.4 Å². The monoisotopic (exact) mass is 500 g/mol. The molecule has 2 aromatic rings. The van der Waals surface area contributed by atoms with Crippen molar-refractivity contribution in [2.75, 3.05) is 24.6 Å².